The molecule has 0 spiro atoms. The van der Waals surface area contributed by atoms with Crippen LogP contribution in [0, 0.1) is 0 Å². The van der Waals surface area contributed by atoms with Gasteiger partial charge in [-0.3, -0.25) is 0 Å². The standard InChI is InChI=1S/C15H17BN2O4/c1-20-13-8-17-14(18-15(13)21-2)11-5-3-4-10(6-11)12-7-16(19)22-9-12/h3-6,8,12,19H,7,9H2,1-2H3. The van der Waals surface area contributed by atoms with Gasteiger partial charge in [-0.05, 0) is 17.9 Å². The Hall–Kier alpha value is -2.12. The van der Waals surface area contributed by atoms with Crippen molar-refractivity contribution in [1.82, 2.24) is 9.97 Å². The van der Waals surface area contributed by atoms with Gasteiger partial charge in [0, 0.05) is 18.1 Å². The average Bonchev–Trinajstić information content (AvgIpc) is 3.01. The maximum absolute atomic E-state index is 9.50. The van der Waals surface area contributed by atoms with Crippen LogP contribution >= 0.6 is 0 Å². The predicted octanol–water partition coefficient (Wildman–Crippen LogP) is 1.76. The Labute approximate surface area is 129 Å². The highest BCUT2D eigenvalue weighted by Crippen LogP contribution is 2.31. The Morgan fingerprint density at radius 2 is 2.18 bits per heavy atom. The van der Waals surface area contributed by atoms with Gasteiger partial charge in [-0.2, -0.15) is 4.98 Å². The van der Waals surface area contributed by atoms with Gasteiger partial charge in [-0.25, -0.2) is 4.98 Å². The lowest BCUT2D eigenvalue weighted by molar-refractivity contribution is 0.292. The average molecular weight is 300 g/mol. The summed E-state index contributed by atoms with van der Waals surface area (Å²) in [4.78, 5) is 8.69. The van der Waals surface area contributed by atoms with Crippen molar-refractivity contribution in [1.29, 1.82) is 0 Å². The van der Waals surface area contributed by atoms with E-state index in [1.165, 1.54) is 0 Å². The monoisotopic (exact) mass is 300 g/mol. The van der Waals surface area contributed by atoms with Crippen LogP contribution in [0.5, 0.6) is 11.6 Å². The highest BCUT2D eigenvalue weighted by Gasteiger charge is 2.29. The van der Waals surface area contributed by atoms with Gasteiger partial charge in [-0.15, -0.1) is 0 Å². The molecule has 1 aliphatic rings. The van der Waals surface area contributed by atoms with E-state index in [2.05, 4.69) is 9.97 Å². The quantitative estimate of drug-likeness (QED) is 0.867. The van der Waals surface area contributed by atoms with E-state index in [-0.39, 0.29) is 5.92 Å². The minimum absolute atomic E-state index is 0.190. The summed E-state index contributed by atoms with van der Waals surface area (Å²) in [7, 11) is 2.42. The lowest BCUT2D eigenvalue weighted by atomic mass is 9.79. The van der Waals surface area contributed by atoms with E-state index in [1.807, 2.05) is 24.3 Å². The molecule has 0 aliphatic carbocycles. The third-order valence-electron chi connectivity index (χ3n) is 3.73. The first kappa shape index (κ1) is 14.8. The lowest BCUT2D eigenvalue weighted by Gasteiger charge is -2.11. The Morgan fingerprint density at radius 3 is 2.86 bits per heavy atom. The molecule has 2 heterocycles. The summed E-state index contributed by atoms with van der Waals surface area (Å²) in [5.41, 5.74) is 1.99. The Morgan fingerprint density at radius 1 is 1.32 bits per heavy atom. The van der Waals surface area contributed by atoms with E-state index in [0.717, 1.165) is 11.1 Å². The Bertz CT molecular complexity index is 668. The fourth-order valence-corrected chi connectivity index (χ4v) is 2.55. The number of hydrogen-bond acceptors (Lipinski definition) is 6. The second kappa shape index (κ2) is 6.33. The van der Waals surface area contributed by atoms with Gasteiger partial charge >= 0.3 is 7.12 Å². The van der Waals surface area contributed by atoms with Crippen LogP contribution in [0.1, 0.15) is 11.5 Å². The van der Waals surface area contributed by atoms with Crippen molar-refractivity contribution in [3.63, 3.8) is 0 Å². The van der Waals surface area contributed by atoms with Crippen molar-refractivity contribution in [2.24, 2.45) is 0 Å². The molecule has 0 bridgehead atoms. The number of methoxy groups -OCH3 is 2. The van der Waals surface area contributed by atoms with Crippen LogP contribution in [0.3, 0.4) is 0 Å². The molecule has 6 nitrogen and oxygen atoms in total. The first-order valence-electron chi connectivity index (χ1n) is 7.06. The minimum atomic E-state index is -0.675. The summed E-state index contributed by atoms with van der Waals surface area (Å²) in [5, 5.41) is 9.50. The molecule has 0 saturated carbocycles. The maximum Gasteiger partial charge on any atom is 0.454 e. The second-order valence-electron chi connectivity index (χ2n) is 5.12. The van der Waals surface area contributed by atoms with Crippen molar-refractivity contribution in [3.05, 3.63) is 36.0 Å². The maximum atomic E-state index is 9.50. The van der Waals surface area contributed by atoms with Crippen LogP contribution < -0.4 is 9.47 Å². The molecule has 0 amide bonds. The molecule has 1 saturated heterocycles. The molecule has 1 unspecified atom stereocenters. The number of nitrogens with zero attached hydrogens (tertiary/aromatic N) is 2. The van der Waals surface area contributed by atoms with Crippen LogP contribution in [0.2, 0.25) is 6.32 Å². The molecule has 7 heteroatoms. The van der Waals surface area contributed by atoms with E-state index < -0.39 is 7.12 Å². The normalized spacial score (nSPS) is 17.6. The van der Waals surface area contributed by atoms with E-state index in [9.17, 15) is 5.02 Å². The molecular weight excluding hydrogens is 283 g/mol. The number of aromatic nitrogens is 2. The molecule has 3 rings (SSSR count). The van der Waals surface area contributed by atoms with Crippen molar-refractivity contribution >= 4 is 7.12 Å². The van der Waals surface area contributed by atoms with Gasteiger partial charge < -0.3 is 19.2 Å². The molecule has 1 aliphatic heterocycles. The van der Waals surface area contributed by atoms with Crippen molar-refractivity contribution in [3.8, 4) is 23.0 Å². The van der Waals surface area contributed by atoms with Gasteiger partial charge in [0.05, 0.1) is 20.4 Å². The van der Waals surface area contributed by atoms with Crippen molar-refractivity contribution in [2.75, 3.05) is 20.8 Å². The first-order valence-corrected chi connectivity index (χ1v) is 7.06. The summed E-state index contributed by atoms with van der Waals surface area (Å²) in [6.07, 6.45) is 2.20. The highest BCUT2D eigenvalue weighted by atomic mass is 16.5. The third-order valence-corrected chi connectivity index (χ3v) is 3.73. The molecule has 1 atom stereocenters. The number of rotatable bonds is 4. The second-order valence-corrected chi connectivity index (χ2v) is 5.12. The van der Waals surface area contributed by atoms with Crippen molar-refractivity contribution < 1.29 is 19.2 Å². The molecule has 1 aromatic carbocycles. The van der Waals surface area contributed by atoms with E-state index in [0.29, 0.717) is 30.4 Å². The Kier molecular flexibility index (Phi) is 4.26. The molecule has 1 N–H and O–H groups in total. The molecule has 2 aromatic rings. The molecule has 1 fully saturated rings. The summed E-state index contributed by atoms with van der Waals surface area (Å²) < 4.78 is 15.6. The van der Waals surface area contributed by atoms with Gasteiger partial charge in [0.1, 0.15) is 0 Å². The van der Waals surface area contributed by atoms with Crippen LogP contribution in [-0.2, 0) is 4.65 Å². The highest BCUT2D eigenvalue weighted by molar-refractivity contribution is 6.43. The molecule has 114 valence electrons. The molecule has 22 heavy (non-hydrogen) atoms. The predicted molar refractivity (Wildman–Crippen MR) is 82.0 cm³/mol. The summed E-state index contributed by atoms with van der Waals surface area (Å²) in [5.74, 6) is 1.65. The van der Waals surface area contributed by atoms with Crippen LogP contribution in [-0.4, -0.2) is 42.9 Å². The largest absolute Gasteiger partial charge is 0.490 e. The van der Waals surface area contributed by atoms with Gasteiger partial charge in [-0.1, -0.05) is 18.2 Å². The number of hydrogen-bond donors (Lipinski definition) is 1. The molecular formula is C15H17BN2O4. The Balaban J connectivity index is 1.92. The summed E-state index contributed by atoms with van der Waals surface area (Å²) in [6, 6.07) is 7.94. The molecule has 0 radical (unpaired) electrons. The lowest BCUT2D eigenvalue weighted by Crippen LogP contribution is -2.07. The van der Waals surface area contributed by atoms with E-state index in [4.69, 9.17) is 14.1 Å². The minimum Gasteiger partial charge on any atom is -0.490 e. The van der Waals surface area contributed by atoms with Crippen LogP contribution in [0.4, 0.5) is 0 Å². The third kappa shape index (κ3) is 2.91. The SMILES string of the molecule is COc1cnc(-c2cccc(C3COB(O)C3)c2)nc1OC. The summed E-state index contributed by atoms with van der Waals surface area (Å²) in [6.45, 7) is 0.525. The fraction of sp³-hybridized carbons (Fsp3) is 0.333. The number of ether oxygens (including phenoxy) is 2. The van der Waals surface area contributed by atoms with Crippen molar-refractivity contribution in [2.45, 2.75) is 12.2 Å². The van der Waals surface area contributed by atoms with Crippen LogP contribution in [0.15, 0.2) is 30.5 Å². The zero-order chi connectivity index (χ0) is 15.5. The van der Waals surface area contributed by atoms with E-state index >= 15 is 0 Å². The van der Waals surface area contributed by atoms with Gasteiger partial charge in [0.25, 0.3) is 5.88 Å². The summed E-state index contributed by atoms with van der Waals surface area (Å²) >= 11 is 0. The van der Waals surface area contributed by atoms with Gasteiger partial charge in [0.15, 0.2) is 11.6 Å². The smallest absolute Gasteiger partial charge is 0.454 e. The molecule has 1 aromatic heterocycles. The van der Waals surface area contributed by atoms with Crippen LogP contribution in [0.25, 0.3) is 11.4 Å². The number of benzene rings is 1. The zero-order valence-corrected chi connectivity index (χ0v) is 12.5. The zero-order valence-electron chi connectivity index (χ0n) is 12.5. The topological polar surface area (TPSA) is 73.7 Å². The first-order chi connectivity index (χ1) is 10.7. The van der Waals surface area contributed by atoms with Gasteiger partial charge in [0.2, 0.25) is 0 Å². The fourth-order valence-electron chi connectivity index (χ4n) is 2.55. The van der Waals surface area contributed by atoms with E-state index in [1.54, 1.807) is 20.4 Å².